The van der Waals surface area contributed by atoms with Crippen LogP contribution >= 0.6 is 11.6 Å². The van der Waals surface area contributed by atoms with Crippen molar-refractivity contribution in [1.82, 2.24) is 15.1 Å². The number of carboxylic acid groups (broad SMARTS) is 1. The number of aryl methyl sites for hydroxylation is 1. The molecule has 0 radical (unpaired) electrons. The molecule has 0 bridgehead atoms. The Hall–Kier alpha value is -4.83. The second-order valence-corrected chi connectivity index (χ2v) is 10.0. The molecule has 2 amide bonds. The number of amides is 2. The normalized spacial score (nSPS) is 13.1. The highest BCUT2D eigenvalue weighted by molar-refractivity contribution is 6.31. The van der Waals surface area contributed by atoms with Gasteiger partial charge in [-0.1, -0.05) is 54.1 Å². The van der Waals surface area contributed by atoms with E-state index in [0.29, 0.717) is 38.8 Å². The van der Waals surface area contributed by atoms with Crippen LogP contribution < -0.4 is 10.6 Å². The number of rotatable bonds is 8. The molecule has 10 nitrogen and oxygen atoms in total. The van der Waals surface area contributed by atoms with Gasteiger partial charge in [0.15, 0.2) is 5.54 Å². The Bertz CT molecular complexity index is 1600. The van der Waals surface area contributed by atoms with Gasteiger partial charge in [-0.3, -0.25) is 14.8 Å². The lowest BCUT2D eigenvalue weighted by atomic mass is 9.91. The van der Waals surface area contributed by atoms with Crippen molar-refractivity contribution >= 4 is 35.3 Å². The van der Waals surface area contributed by atoms with Crippen molar-refractivity contribution in [3.8, 4) is 17.0 Å². The number of nitrogens with zero attached hydrogens (tertiary/aromatic N) is 2. The van der Waals surface area contributed by atoms with Crippen molar-refractivity contribution in [2.45, 2.75) is 32.4 Å². The fourth-order valence-electron chi connectivity index (χ4n) is 4.24. The molecule has 1 heterocycles. The van der Waals surface area contributed by atoms with E-state index >= 15 is 0 Å². The Kier molecular flexibility index (Phi) is 8.34. The first kappa shape index (κ1) is 29.2. The van der Waals surface area contributed by atoms with Crippen molar-refractivity contribution in [2.24, 2.45) is 7.05 Å². The maximum Gasteiger partial charge on any atom is 0.412 e. The van der Waals surface area contributed by atoms with E-state index in [1.165, 1.54) is 43.3 Å². The molecule has 0 fully saturated rings. The number of carbonyl (C=O) groups is 3. The van der Waals surface area contributed by atoms with E-state index in [0.717, 1.165) is 0 Å². The van der Waals surface area contributed by atoms with Crippen LogP contribution in [0.1, 0.15) is 47.1 Å². The van der Waals surface area contributed by atoms with Crippen LogP contribution in [0.4, 0.5) is 10.5 Å². The van der Waals surface area contributed by atoms with Gasteiger partial charge in [-0.2, -0.15) is 5.10 Å². The van der Waals surface area contributed by atoms with Crippen LogP contribution in [0.3, 0.4) is 0 Å². The fraction of sp³-hybridized carbons (Fsp3) is 0.200. The van der Waals surface area contributed by atoms with Crippen LogP contribution in [-0.4, -0.2) is 38.0 Å². The number of aromatic nitrogens is 2. The monoisotopic (exact) mass is 576 g/mol. The number of hydrogen-bond donors (Lipinski definition) is 4. The highest BCUT2D eigenvalue weighted by atomic mass is 35.5. The van der Waals surface area contributed by atoms with Gasteiger partial charge in [-0.05, 0) is 56.7 Å². The number of aromatic hydroxyl groups is 1. The Labute approximate surface area is 241 Å². The Morgan fingerprint density at radius 2 is 1.66 bits per heavy atom. The third-order valence-corrected chi connectivity index (χ3v) is 7.19. The molecule has 212 valence electrons. The first-order valence-corrected chi connectivity index (χ1v) is 13.0. The molecule has 0 aliphatic heterocycles. The summed E-state index contributed by atoms with van der Waals surface area (Å²) in [5.74, 6) is -1.89. The lowest BCUT2D eigenvalue weighted by Gasteiger charge is -2.27. The van der Waals surface area contributed by atoms with E-state index < -0.39 is 29.6 Å². The summed E-state index contributed by atoms with van der Waals surface area (Å²) in [6.45, 7) is 4.88. The summed E-state index contributed by atoms with van der Waals surface area (Å²) in [7, 11) is 1.74. The Morgan fingerprint density at radius 3 is 2.27 bits per heavy atom. The van der Waals surface area contributed by atoms with Crippen molar-refractivity contribution in [3.05, 3.63) is 100 Å². The molecule has 4 N–H and O–H groups in total. The number of aliphatic carboxylic acids is 1. The molecule has 0 aliphatic rings. The maximum atomic E-state index is 13.0. The molecule has 4 aromatic rings. The second-order valence-electron chi connectivity index (χ2n) is 9.64. The van der Waals surface area contributed by atoms with Gasteiger partial charge in [0.1, 0.15) is 17.5 Å². The van der Waals surface area contributed by atoms with E-state index in [4.69, 9.17) is 16.3 Å². The number of hydrogen-bond acceptors (Lipinski definition) is 6. The smallest absolute Gasteiger partial charge is 0.412 e. The van der Waals surface area contributed by atoms with E-state index in [1.54, 1.807) is 55.9 Å². The highest BCUT2D eigenvalue weighted by Crippen LogP contribution is 2.32. The van der Waals surface area contributed by atoms with Crippen LogP contribution in [0.5, 0.6) is 5.75 Å². The Morgan fingerprint density at radius 1 is 1.02 bits per heavy atom. The predicted molar refractivity (Wildman–Crippen MR) is 154 cm³/mol. The summed E-state index contributed by atoms with van der Waals surface area (Å²) in [6, 6.07) is 19.1. The molecular formula is C30H29ClN4O6. The zero-order valence-electron chi connectivity index (χ0n) is 22.8. The van der Waals surface area contributed by atoms with Crippen LogP contribution in [0.15, 0.2) is 72.8 Å². The molecule has 0 saturated heterocycles. The number of nitrogens with one attached hydrogen (secondary N) is 2. The summed E-state index contributed by atoms with van der Waals surface area (Å²) in [4.78, 5) is 37.9. The molecule has 3 aromatic carbocycles. The van der Waals surface area contributed by atoms with E-state index in [2.05, 4.69) is 15.7 Å². The van der Waals surface area contributed by atoms with Crippen molar-refractivity contribution in [1.29, 1.82) is 0 Å². The molecule has 41 heavy (non-hydrogen) atoms. The zero-order chi connectivity index (χ0) is 29.9. The van der Waals surface area contributed by atoms with E-state index in [9.17, 15) is 24.6 Å². The van der Waals surface area contributed by atoms with Crippen LogP contribution in [-0.2, 0) is 22.1 Å². The number of phenols is 1. The largest absolute Gasteiger partial charge is 0.508 e. The number of halogens is 1. The Balaban J connectivity index is 1.53. The number of carboxylic acids is 1. The molecule has 4 rings (SSSR count). The quantitative estimate of drug-likeness (QED) is 0.208. The van der Waals surface area contributed by atoms with Gasteiger partial charge in [0.25, 0.3) is 5.91 Å². The van der Waals surface area contributed by atoms with Gasteiger partial charge in [0.2, 0.25) is 0 Å². The first-order chi connectivity index (χ1) is 19.4. The van der Waals surface area contributed by atoms with Crippen LogP contribution in [0.2, 0.25) is 5.02 Å². The van der Waals surface area contributed by atoms with Crippen LogP contribution in [0.25, 0.3) is 11.3 Å². The topological polar surface area (TPSA) is 143 Å². The van der Waals surface area contributed by atoms with Gasteiger partial charge in [-0.15, -0.1) is 0 Å². The number of phenolic OH excluding ortho intramolecular Hbond substituents is 1. The fourth-order valence-corrected chi connectivity index (χ4v) is 4.53. The molecule has 11 heteroatoms. The zero-order valence-corrected chi connectivity index (χ0v) is 23.6. The predicted octanol–water partition coefficient (Wildman–Crippen LogP) is 5.79. The van der Waals surface area contributed by atoms with Gasteiger partial charge < -0.3 is 20.3 Å². The molecule has 1 aromatic heterocycles. The minimum atomic E-state index is -1.74. The highest BCUT2D eigenvalue weighted by Gasteiger charge is 2.37. The van der Waals surface area contributed by atoms with Crippen molar-refractivity contribution in [2.75, 3.05) is 5.32 Å². The number of anilines is 1. The average molecular weight is 577 g/mol. The maximum absolute atomic E-state index is 13.0. The minimum Gasteiger partial charge on any atom is -0.508 e. The molecule has 0 spiro atoms. The van der Waals surface area contributed by atoms with Crippen molar-refractivity contribution in [3.63, 3.8) is 0 Å². The van der Waals surface area contributed by atoms with Crippen molar-refractivity contribution < 1.29 is 29.3 Å². The van der Waals surface area contributed by atoms with Gasteiger partial charge >= 0.3 is 12.1 Å². The summed E-state index contributed by atoms with van der Waals surface area (Å²) in [5, 5.41) is 29.8. The lowest BCUT2D eigenvalue weighted by molar-refractivity contribution is -0.144. The minimum absolute atomic E-state index is 0.0228. The third kappa shape index (κ3) is 6.17. The molecule has 0 aliphatic carbocycles. The van der Waals surface area contributed by atoms with Crippen LogP contribution in [0, 0.1) is 6.92 Å². The molecule has 2 unspecified atom stereocenters. The standard InChI is InChI=1S/C30H29ClN4O6/c1-17-25(32-29(40)41-18(2)23-7-5-6-8-24(23)31)26(34-35(17)4)19-9-11-20(12-10-19)27(37)33-30(3,28(38)39)21-13-15-22(36)16-14-21/h5-16,18,36H,1-4H3,(H,32,40)(H,33,37)(H,38,39). The van der Waals surface area contributed by atoms with Gasteiger partial charge in [0, 0.05) is 28.8 Å². The second kappa shape index (κ2) is 11.7. The van der Waals surface area contributed by atoms with E-state index in [-0.39, 0.29) is 11.3 Å². The van der Waals surface area contributed by atoms with E-state index in [1.807, 2.05) is 6.07 Å². The molecule has 2 atom stereocenters. The van der Waals surface area contributed by atoms with Gasteiger partial charge in [0.05, 0.1) is 11.4 Å². The molecular weight excluding hydrogens is 548 g/mol. The van der Waals surface area contributed by atoms with Gasteiger partial charge in [-0.25, -0.2) is 9.59 Å². The number of carbonyl (C=O) groups excluding carboxylic acids is 2. The number of ether oxygens (including phenoxy) is 1. The third-order valence-electron chi connectivity index (χ3n) is 6.84. The summed E-state index contributed by atoms with van der Waals surface area (Å²) >= 11 is 6.23. The SMILES string of the molecule is Cc1c(NC(=O)OC(C)c2ccccc2Cl)c(-c2ccc(C(=O)NC(C)(C(=O)O)c3ccc(O)cc3)cc2)nn1C. The summed E-state index contributed by atoms with van der Waals surface area (Å²) in [5.41, 5.74) is 1.63. The number of benzene rings is 3. The summed E-state index contributed by atoms with van der Waals surface area (Å²) < 4.78 is 7.16. The molecule has 0 saturated carbocycles. The average Bonchev–Trinajstić information content (AvgIpc) is 3.21. The lowest BCUT2D eigenvalue weighted by Crippen LogP contribution is -2.49. The first-order valence-electron chi connectivity index (χ1n) is 12.6. The summed E-state index contributed by atoms with van der Waals surface area (Å²) in [6.07, 6.45) is -1.28.